The molecule has 0 saturated carbocycles. The van der Waals surface area contributed by atoms with Gasteiger partial charge in [0.05, 0.1) is 4.92 Å². The van der Waals surface area contributed by atoms with Crippen LogP contribution < -0.4 is 10.6 Å². The smallest absolute Gasteiger partial charge is 0.322 e. The Hall–Kier alpha value is -2.64. The Kier molecular flexibility index (Phi) is 6.30. The lowest BCUT2D eigenvalue weighted by Gasteiger charge is -2.21. The molecule has 2 N–H and O–H groups in total. The molecule has 0 spiro atoms. The Morgan fingerprint density at radius 2 is 1.86 bits per heavy atom. The van der Waals surface area contributed by atoms with Crippen LogP contribution in [0.5, 0.6) is 0 Å². The topological polar surface area (TPSA) is 105 Å². The molecule has 0 bridgehead atoms. The van der Waals surface area contributed by atoms with Crippen LogP contribution in [-0.4, -0.2) is 40.9 Å². The zero-order valence-electron chi connectivity index (χ0n) is 12.8. The molecule has 8 heteroatoms. The van der Waals surface area contributed by atoms with Gasteiger partial charge in [-0.05, 0) is 32.9 Å². The highest BCUT2D eigenvalue weighted by molar-refractivity contribution is 5.92. The fourth-order valence-corrected chi connectivity index (χ4v) is 1.74. The minimum absolute atomic E-state index is 0.00365. The van der Waals surface area contributed by atoms with Gasteiger partial charge >= 0.3 is 6.03 Å². The van der Waals surface area contributed by atoms with Gasteiger partial charge in [-0.1, -0.05) is 0 Å². The summed E-state index contributed by atoms with van der Waals surface area (Å²) in [7, 11) is 0. The van der Waals surface area contributed by atoms with Gasteiger partial charge in [0.2, 0.25) is 5.91 Å². The third-order valence-corrected chi connectivity index (χ3v) is 2.78. The van der Waals surface area contributed by atoms with Crippen molar-refractivity contribution in [3.8, 4) is 0 Å². The summed E-state index contributed by atoms with van der Waals surface area (Å²) in [6.45, 7) is 5.76. The third kappa shape index (κ3) is 5.39. The molecule has 0 radical (unpaired) electrons. The van der Waals surface area contributed by atoms with Crippen LogP contribution in [0.4, 0.5) is 16.2 Å². The molecule has 0 fully saturated rings. The van der Waals surface area contributed by atoms with E-state index in [9.17, 15) is 19.7 Å². The number of likely N-dealkylation sites (N-methyl/N-ethyl adjacent to an activating group) is 1. The minimum atomic E-state index is -0.514. The van der Waals surface area contributed by atoms with Crippen molar-refractivity contribution in [1.82, 2.24) is 10.2 Å². The molecule has 0 atom stereocenters. The van der Waals surface area contributed by atoms with Gasteiger partial charge in [0.1, 0.15) is 6.54 Å². The van der Waals surface area contributed by atoms with Gasteiger partial charge in [0, 0.05) is 30.4 Å². The fourth-order valence-electron chi connectivity index (χ4n) is 1.74. The number of urea groups is 1. The van der Waals surface area contributed by atoms with E-state index in [4.69, 9.17) is 0 Å². The normalized spacial score (nSPS) is 10.2. The molecule has 0 heterocycles. The molecule has 1 aromatic rings. The van der Waals surface area contributed by atoms with Crippen LogP contribution in [0.3, 0.4) is 0 Å². The van der Waals surface area contributed by atoms with Gasteiger partial charge in [0.25, 0.3) is 5.69 Å². The number of carbonyl (C=O) groups is 2. The number of carbonyl (C=O) groups excluding carboxylic acids is 2. The number of hydrogen-bond donors (Lipinski definition) is 2. The average molecular weight is 308 g/mol. The van der Waals surface area contributed by atoms with Gasteiger partial charge in [-0.3, -0.25) is 14.9 Å². The number of benzene rings is 1. The van der Waals surface area contributed by atoms with Gasteiger partial charge in [-0.2, -0.15) is 0 Å². The molecule has 0 unspecified atom stereocenters. The van der Waals surface area contributed by atoms with Crippen LogP contribution in [0.25, 0.3) is 0 Å². The van der Waals surface area contributed by atoms with E-state index in [1.54, 1.807) is 6.92 Å². The number of nitro groups is 1. The van der Waals surface area contributed by atoms with Gasteiger partial charge < -0.3 is 15.5 Å². The highest BCUT2D eigenvalue weighted by atomic mass is 16.6. The molecule has 3 amide bonds. The molecule has 0 aromatic heterocycles. The van der Waals surface area contributed by atoms with Crippen LogP contribution in [0.2, 0.25) is 0 Å². The highest BCUT2D eigenvalue weighted by Crippen LogP contribution is 2.15. The van der Waals surface area contributed by atoms with Crippen molar-refractivity contribution in [2.45, 2.75) is 26.8 Å². The molecular formula is C14H20N4O4. The average Bonchev–Trinajstić information content (AvgIpc) is 2.44. The van der Waals surface area contributed by atoms with Gasteiger partial charge in [-0.25, -0.2) is 4.79 Å². The van der Waals surface area contributed by atoms with E-state index >= 15 is 0 Å². The van der Waals surface area contributed by atoms with Crippen molar-refractivity contribution in [1.29, 1.82) is 0 Å². The maximum absolute atomic E-state index is 12.1. The Morgan fingerprint density at radius 3 is 2.32 bits per heavy atom. The van der Waals surface area contributed by atoms with Crippen molar-refractivity contribution < 1.29 is 14.5 Å². The molecule has 1 aromatic carbocycles. The molecular weight excluding hydrogens is 288 g/mol. The number of rotatable bonds is 6. The molecule has 8 nitrogen and oxygen atoms in total. The molecule has 120 valence electrons. The number of nitrogens with one attached hydrogen (secondary N) is 2. The van der Waals surface area contributed by atoms with Crippen molar-refractivity contribution >= 4 is 23.3 Å². The number of amides is 3. The molecule has 0 aliphatic rings. The second kappa shape index (κ2) is 7.96. The molecule has 1 rings (SSSR count). The summed E-state index contributed by atoms with van der Waals surface area (Å²) in [6, 6.07) is 5.06. The zero-order valence-corrected chi connectivity index (χ0v) is 12.8. The van der Waals surface area contributed by atoms with E-state index in [1.165, 1.54) is 29.2 Å². The molecule has 22 heavy (non-hydrogen) atoms. The lowest BCUT2D eigenvalue weighted by molar-refractivity contribution is -0.384. The van der Waals surface area contributed by atoms with Crippen molar-refractivity contribution in [3.63, 3.8) is 0 Å². The largest absolute Gasteiger partial charge is 0.352 e. The Bertz CT molecular complexity index is 542. The predicted molar refractivity (Wildman–Crippen MR) is 82.6 cm³/mol. The van der Waals surface area contributed by atoms with E-state index in [-0.39, 0.29) is 24.2 Å². The first-order valence-electron chi connectivity index (χ1n) is 6.93. The standard InChI is InChI=1S/C14H20N4O4/c1-4-17(9-13(19)15-10(2)3)14(20)16-11-5-7-12(8-6-11)18(21)22/h5-8,10H,4,9H2,1-3H3,(H,15,19)(H,16,20). The summed E-state index contributed by atoms with van der Waals surface area (Å²) in [5.74, 6) is -0.240. The van der Waals surface area contributed by atoms with E-state index in [0.717, 1.165) is 0 Å². The summed E-state index contributed by atoms with van der Waals surface area (Å²) in [5, 5.41) is 15.9. The molecule has 0 saturated heterocycles. The number of hydrogen-bond acceptors (Lipinski definition) is 4. The predicted octanol–water partition coefficient (Wildman–Crippen LogP) is 1.97. The second-order valence-corrected chi connectivity index (χ2v) is 4.97. The summed E-state index contributed by atoms with van der Waals surface area (Å²) >= 11 is 0. The summed E-state index contributed by atoms with van der Waals surface area (Å²) in [6.07, 6.45) is 0. The van der Waals surface area contributed by atoms with Gasteiger partial charge in [-0.15, -0.1) is 0 Å². The van der Waals surface area contributed by atoms with E-state index in [0.29, 0.717) is 12.2 Å². The monoisotopic (exact) mass is 308 g/mol. The fraction of sp³-hybridized carbons (Fsp3) is 0.429. The summed E-state index contributed by atoms with van der Waals surface area (Å²) in [5.41, 5.74) is 0.375. The van der Waals surface area contributed by atoms with Crippen LogP contribution in [-0.2, 0) is 4.79 Å². The highest BCUT2D eigenvalue weighted by Gasteiger charge is 2.16. The number of nitrogens with zero attached hydrogens (tertiary/aromatic N) is 2. The Labute approximate surface area is 128 Å². The minimum Gasteiger partial charge on any atom is -0.352 e. The first kappa shape index (κ1) is 17.4. The van der Waals surface area contributed by atoms with Crippen LogP contribution in [0, 0.1) is 10.1 Å². The summed E-state index contributed by atoms with van der Waals surface area (Å²) < 4.78 is 0. The number of anilines is 1. The lowest BCUT2D eigenvalue weighted by Crippen LogP contribution is -2.44. The SMILES string of the molecule is CCN(CC(=O)NC(C)C)C(=O)Nc1ccc([N+](=O)[O-])cc1. The van der Waals surface area contributed by atoms with E-state index < -0.39 is 11.0 Å². The van der Waals surface area contributed by atoms with E-state index in [2.05, 4.69) is 10.6 Å². The van der Waals surface area contributed by atoms with E-state index in [1.807, 2.05) is 13.8 Å². The first-order valence-corrected chi connectivity index (χ1v) is 6.93. The molecule has 0 aliphatic carbocycles. The van der Waals surface area contributed by atoms with Crippen molar-refractivity contribution in [2.75, 3.05) is 18.4 Å². The maximum Gasteiger partial charge on any atom is 0.322 e. The second-order valence-electron chi connectivity index (χ2n) is 4.97. The number of nitro benzene ring substituents is 1. The maximum atomic E-state index is 12.1. The zero-order chi connectivity index (χ0) is 16.7. The summed E-state index contributed by atoms with van der Waals surface area (Å²) in [4.78, 5) is 35.2. The third-order valence-electron chi connectivity index (χ3n) is 2.78. The quantitative estimate of drug-likeness (QED) is 0.619. The Balaban J connectivity index is 2.64. The number of non-ortho nitro benzene ring substituents is 1. The van der Waals surface area contributed by atoms with Crippen molar-refractivity contribution in [3.05, 3.63) is 34.4 Å². The molecule has 0 aliphatic heterocycles. The van der Waals surface area contributed by atoms with Crippen LogP contribution in [0.15, 0.2) is 24.3 Å². The van der Waals surface area contributed by atoms with Crippen LogP contribution >= 0.6 is 0 Å². The van der Waals surface area contributed by atoms with Crippen LogP contribution in [0.1, 0.15) is 20.8 Å². The van der Waals surface area contributed by atoms with Gasteiger partial charge in [0.15, 0.2) is 0 Å². The first-order chi connectivity index (χ1) is 10.3. The van der Waals surface area contributed by atoms with Crippen molar-refractivity contribution in [2.24, 2.45) is 0 Å². The Morgan fingerprint density at radius 1 is 1.27 bits per heavy atom. The lowest BCUT2D eigenvalue weighted by atomic mass is 10.3.